The summed E-state index contributed by atoms with van der Waals surface area (Å²) >= 11 is 0. The van der Waals surface area contributed by atoms with E-state index in [4.69, 9.17) is 0 Å². The fourth-order valence-corrected chi connectivity index (χ4v) is 2.41. The monoisotopic (exact) mass is 214 g/mol. The van der Waals surface area contributed by atoms with Gasteiger partial charge in [-0.15, -0.1) is 0 Å². The predicted octanol–water partition coefficient (Wildman–Crippen LogP) is 1.22. The molecule has 1 rings (SSSR count). The summed E-state index contributed by atoms with van der Waals surface area (Å²) in [5.74, 6) is 0. The van der Waals surface area contributed by atoms with E-state index in [1.165, 1.54) is 13.0 Å². The number of likely N-dealkylation sites (tertiary alicyclic amines) is 1. The minimum absolute atomic E-state index is 0.214. The van der Waals surface area contributed by atoms with Crippen LogP contribution in [0.3, 0.4) is 0 Å². The zero-order chi connectivity index (χ0) is 11.3. The van der Waals surface area contributed by atoms with Crippen molar-refractivity contribution < 1.29 is 5.11 Å². The Morgan fingerprint density at radius 3 is 2.40 bits per heavy atom. The Bertz CT molecular complexity index is 176. The molecule has 1 atom stereocenters. The highest BCUT2D eigenvalue weighted by atomic mass is 16.3. The summed E-state index contributed by atoms with van der Waals surface area (Å²) < 4.78 is 0. The van der Waals surface area contributed by atoms with Crippen LogP contribution in [0.1, 0.15) is 40.0 Å². The fraction of sp³-hybridized carbons (Fsp3) is 1.00. The van der Waals surface area contributed by atoms with Gasteiger partial charge in [0.1, 0.15) is 0 Å². The van der Waals surface area contributed by atoms with E-state index in [-0.39, 0.29) is 6.04 Å². The van der Waals surface area contributed by atoms with Gasteiger partial charge in [0.05, 0.1) is 5.60 Å². The molecule has 0 amide bonds. The van der Waals surface area contributed by atoms with Gasteiger partial charge in [-0.25, -0.2) is 0 Å². The summed E-state index contributed by atoms with van der Waals surface area (Å²) in [5.41, 5.74) is -0.486. The lowest BCUT2D eigenvalue weighted by atomic mass is 9.85. The Kier molecular flexibility index (Phi) is 5.03. The summed E-state index contributed by atoms with van der Waals surface area (Å²) in [6.45, 7) is 10.6. The van der Waals surface area contributed by atoms with Crippen molar-refractivity contribution in [3.8, 4) is 0 Å². The molecular formula is C12H26N2O. The van der Waals surface area contributed by atoms with Gasteiger partial charge in [0.2, 0.25) is 0 Å². The summed E-state index contributed by atoms with van der Waals surface area (Å²) in [6.07, 6.45) is 3.02. The molecule has 15 heavy (non-hydrogen) atoms. The molecule has 90 valence electrons. The Balaban J connectivity index is 2.39. The van der Waals surface area contributed by atoms with Gasteiger partial charge in [0, 0.05) is 19.1 Å². The molecule has 0 bridgehead atoms. The van der Waals surface area contributed by atoms with Crippen LogP contribution < -0.4 is 5.32 Å². The molecule has 0 saturated carbocycles. The quantitative estimate of drug-likeness (QED) is 0.722. The van der Waals surface area contributed by atoms with Gasteiger partial charge in [-0.3, -0.25) is 0 Å². The van der Waals surface area contributed by atoms with E-state index in [1.807, 2.05) is 0 Å². The van der Waals surface area contributed by atoms with Crippen LogP contribution in [0, 0.1) is 0 Å². The highest BCUT2D eigenvalue weighted by Crippen LogP contribution is 2.25. The molecule has 0 radical (unpaired) electrons. The lowest BCUT2D eigenvalue weighted by molar-refractivity contribution is -0.0451. The third-order valence-electron chi connectivity index (χ3n) is 3.58. The maximum Gasteiger partial charge on any atom is 0.0821 e. The van der Waals surface area contributed by atoms with Crippen LogP contribution in [-0.4, -0.2) is 47.8 Å². The molecular weight excluding hydrogens is 188 g/mol. The molecule has 1 fully saturated rings. The summed E-state index contributed by atoms with van der Waals surface area (Å²) in [5, 5.41) is 13.8. The van der Waals surface area contributed by atoms with Gasteiger partial charge in [0.15, 0.2) is 0 Å². The number of rotatable bonds is 5. The minimum atomic E-state index is -0.486. The normalized spacial score (nSPS) is 24.0. The predicted molar refractivity (Wildman–Crippen MR) is 64.1 cm³/mol. The van der Waals surface area contributed by atoms with E-state index in [9.17, 15) is 5.11 Å². The third-order valence-corrected chi connectivity index (χ3v) is 3.58. The molecule has 0 aliphatic carbocycles. The molecule has 0 aromatic rings. The molecule has 1 heterocycles. The number of hydrogen-bond acceptors (Lipinski definition) is 3. The Morgan fingerprint density at radius 2 is 1.93 bits per heavy atom. The van der Waals surface area contributed by atoms with Gasteiger partial charge >= 0.3 is 0 Å². The van der Waals surface area contributed by atoms with E-state index in [1.54, 1.807) is 0 Å². The first kappa shape index (κ1) is 12.9. The number of aliphatic hydroxyl groups is 1. The van der Waals surface area contributed by atoms with Crippen LogP contribution in [-0.2, 0) is 0 Å². The largest absolute Gasteiger partial charge is 0.388 e. The average Bonchev–Trinajstić information content (AvgIpc) is 2.22. The van der Waals surface area contributed by atoms with Crippen molar-refractivity contribution in [1.82, 2.24) is 10.2 Å². The standard InChI is InChI=1S/C12H26N2O/c1-4-8-14-9-6-12(15,7-10-14)11(3)13-5-2/h11,13,15H,4-10H2,1-3H3. The average molecular weight is 214 g/mol. The zero-order valence-corrected chi connectivity index (χ0v) is 10.4. The minimum Gasteiger partial charge on any atom is -0.388 e. The summed E-state index contributed by atoms with van der Waals surface area (Å²) in [4.78, 5) is 2.45. The van der Waals surface area contributed by atoms with Gasteiger partial charge < -0.3 is 15.3 Å². The maximum atomic E-state index is 10.5. The van der Waals surface area contributed by atoms with Crippen LogP contribution in [0.15, 0.2) is 0 Å². The lowest BCUT2D eigenvalue weighted by Gasteiger charge is -2.42. The van der Waals surface area contributed by atoms with Crippen molar-refractivity contribution in [2.75, 3.05) is 26.2 Å². The first-order valence-corrected chi connectivity index (χ1v) is 6.30. The molecule has 2 N–H and O–H groups in total. The van der Waals surface area contributed by atoms with Crippen molar-refractivity contribution in [3.63, 3.8) is 0 Å². The highest BCUT2D eigenvalue weighted by Gasteiger charge is 2.36. The van der Waals surface area contributed by atoms with Crippen molar-refractivity contribution in [3.05, 3.63) is 0 Å². The second-order valence-electron chi connectivity index (χ2n) is 4.72. The number of nitrogens with zero attached hydrogens (tertiary/aromatic N) is 1. The number of likely N-dealkylation sites (N-methyl/N-ethyl adjacent to an activating group) is 1. The second kappa shape index (κ2) is 5.83. The first-order valence-electron chi connectivity index (χ1n) is 6.30. The maximum absolute atomic E-state index is 10.5. The summed E-state index contributed by atoms with van der Waals surface area (Å²) in [6, 6.07) is 0.214. The number of hydrogen-bond donors (Lipinski definition) is 2. The van der Waals surface area contributed by atoms with Crippen molar-refractivity contribution in [1.29, 1.82) is 0 Å². The van der Waals surface area contributed by atoms with E-state index in [0.717, 1.165) is 32.5 Å². The molecule has 1 aliphatic heterocycles. The van der Waals surface area contributed by atoms with E-state index >= 15 is 0 Å². The molecule has 0 spiro atoms. The topological polar surface area (TPSA) is 35.5 Å². The van der Waals surface area contributed by atoms with Gasteiger partial charge in [-0.2, -0.15) is 0 Å². The van der Waals surface area contributed by atoms with Crippen molar-refractivity contribution in [2.24, 2.45) is 0 Å². The number of piperidine rings is 1. The van der Waals surface area contributed by atoms with Crippen LogP contribution in [0.2, 0.25) is 0 Å². The van der Waals surface area contributed by atoms with Gasteiger partial charge in [-0.1, -0.05) is 13.8 Å². The fourth-order valence-electron chi connectivity index (χ4n) is 2.41. The molecule has 1 saturated heterocycles. The number of nitrogens with one attached hydrogen (secondary N) is 1. The molecule has 1 unspecified atom stereocenters. The smallest absolute Gasteiger partial charge is 0.0821 e. The molecule has 3 heteroatoms. The van der Waals surface area contributed by atoms with Crippen molar-refractivity contribution in [2.45, 2.75) is 51.7 Å². The zero-order valence-electron chi connectivity index (χ0n) is 10.4. The molecule has 1 aliphatic rings. The van der Waals surface area contributed by atoms with E-state index in [0.29, 0.717) is 0 Å². The Morgan fingerprint density at radius 1 is 1.33 bits per heavy atom. The second-order valence-corrected chi connectivity index (χ2v) is 4.72. The molecule has 0 aromatic heterocycles. The first-order chi connectivity index (χ1) is 7.12. The van der Waals surface area contributed by atoms with Crippen LogP contribution >= 0.6 is 0 Å². The highest BCUT2D eigenvalue weighted by molar-refractivity contribution is 4.93. The lowest BCUT2D eigenvalue weighted by Crippen LogP contribution is -2.55. The van der Waals surface area contributed by atoms with E-state index in [2.05, 4.69) is 31.0 Å². The van der Waals surface area contributed by atoms with Crippen LogP contribution in [0.4, 0.5) is 0 Å². The molecule has 0 aromatic carbocycles. The van der Waals surface area contributed by atoms with E-state index < -0.39 is 5.60 Å². The third kappa shape index (κ3) is 3.44. The Hall–Kier alpha value is -0.120. The van der Waals surface area contributed by atoms with Gasteiger partial charge in [0.25, 0.3) is 0 Å². The molecule has 3 nitrogen and oxygen atoms in total. The van der Waals surface area contributed by atoms with Crippen LogP contribution in [0.5, 0.6) is 0 Å². The SMILES string of the molecule is CCCN1CCC(O)(C(C)NCC)CC1. The van der Waals surface area contributed by atoms with Gasteiger partial charge in [-0.05, 0) is 39.3 Å². The summed E-state index contributed by atoms with van der Waals surface area (Å²) in [7, 11) is 0. The van der Waals surface area contributed by atoms with Crippen molar-refractivity contribution >= 4 is 0 Å². The Labute approximate surface area is 93.9 Å². The van der Waals surface area contributed by atoms with Crippen LogP contribution in [0.25, 0.3) is 0 Å².